The molecule has 136 valence electrons. The monoisotopic (exact) mass is 366 g/mol. The van der Waals surface area contributed by atoms with Gasteiger partial charge in [-0.15, -0.1) is 0 Å². The van der Waals surface area contributed by atoms with Crippen LogP contribution in [0.15, 0.2) is 24.5 Å². The van der Waals surface area contributed by atoms with E-state index in [1.54, 1.807) is 26.1 Å². The van der Waals surface area contributed by atoms with Crippen molar-refractivity contribution in [3.05, 3.63) is 30.2 Å². The zero-order chi connectivity index (χ0) is 18.1. The fraction of sp³-hybridized carbons (Fsp3) is 0.500. The second-order valence-electron chi connectivity index (χ2n) is 6.42. The maximum absolute atomic E-state index is 12.7. The number of H-pyrrole nitrogens is 1. The molecular formula is C14H22N8O2S. The Labute approximate surface area is 146 Å². The van der Waals surface area contributed by atoms with E-state index in [9.17, 15) is 8.42 Å². The zero-order valence-corrected chi connectivity index (χ0v) is 15.0. The standard InChI is InChI=1S/C14H22N8O2S/c1-14(2,12-10-17-20-18-12)19-25(23,24)22-7-5-21(6-8-22)13-4-3-11(15)9-16-13/h3-4,9-10,19H,5-8,15H2,1-2H3,(H,17,18,20). The highest BCUT2D eigenvalue weighted by molar-refractivity contribution is 7.87. The summed E-state index contributed by atoms with van der Waals surface area (Å²) in [5.74, 6) is 0.794. The van der Waals surface area contributed by atoms with Crippen molar-refractivity contribution in [2.45, 2.75) is 19.4 Å². The summed E-state index contributed by atoms with van der Waals surface area (Å²) in [6.45, 7) is 5.35. The van der Waals surface area contributed by atoms with E-state index in [0.717, 1.165) is 5.82 Å². The largest absolute Gasteiger partial charge is 0.397 e. The van der Waals surface area contributed by atoms with Crippen LogP contribution in [-0.4, -0.2) is 59.3 Å². The second-order valence-corrected chi connectivity index (χ2v) is 8.09. The third kappa shape index (κ3) is 3.89. The van der Waals surface area contributed by atoms with E-state index in [1.807, 2.05) is 11.0 Å². The second kappa shape index (κ2) is 6.58. The van der Waals surface area contributed by atoms with E-state index in [4.69, 9.17) is 5.73 Å². The molecule has 11 heteroatoms. The van der Waals surface area contributed by atoms with Crippen molar-refractivity contribution < 1.29 is 8.42 Å². The molecule has 0 unspecified atom stereocenters. The minimum Gasteiger partial charge on any atom is -0.397 e. The van der Waals surface area contributed by atoms with E-state index < -0.39 is 15.7 Å². The van der Waals surface area contributed by atoms with Gasteiger partial charge in [0.25, 0.3) is 10.2 Å². The van der Waals surface area contributed by atoms with Crippen LogP contribution in [0.5, 0.6) is 0 Å². The quantitative estimate of drug-likeness (QED) is 0.660. The molecule has 0 aliphatic carbocycles. The van der Waals surface area contributed by atoms with Crippen LogP contribution in [0.4, 0.5) is 11.5 Å². The van der Waals surface area contributed by atoms with Gasteiger partial charge in [-0.1, -0.05) is 0 Å². The molecule has 3 heterocycles. The molecule has 1 aliphatic rings. The van der Waals surface area contributed by atoms with Crippen molar-refractivity contribution in [2.75, 3.05) is 36.8 Å². The molecule has 0 saturated carbocycles. The molecule has 10 nitrogen and oxygen atoms in total. The van der Waals surface area contributed by atoms with Crippen molar-refractivity contribution >= 4 is 21.7 Å². The van der Waals surface area contributed by atoms with Gasteiger partial charge >= 0.3 is 0 Å². The molecule has 2 aromatic heterocycles. The van der Waals surface area contributed by atoms with Gasteiger partial charge in [-0.25, -0.2) is 4.98 Å². The molecule has 0 aromatic carbocycles. The number of aromatic amines is 1. The Morgan fingerprint density at radius 1 is 1.20 bits per heavy atom. The van der Waals surface area contributed by atoms with Crippen molar-refractivity contribution in [2.24, 2.45) is 0 Å². The van der Waals surface area contributed by atoms with Crippen molar-refractivity contribution in [1.29, 1.82) is 0 Å². The molecule has 1 fully saturated rings. The number of nitrogen functional groups attached to an aromatic ring is 1. The number of pyridine rings is 1. The Bertz CT molecular complexity index is 796. The van der Waals surface area contributed by atoms with Crippen molar-refractivity contribution in [3.8, 4) is 0 Å². The lowest BCUT2D eigenvalue weighted by molar-refractivity contribution is 0.358. The maximum Gasteiger partial charge on any atom is 0.280 e. The summed E-state index contributed by atoms with van der Waals surface area (Å²) in [6, 6.07) is 3.62. The van der Waals surface area contributed by atoms with Crippen LogP contribution in [0.3, 0.4) is 0 Å². The van der Waals surface area contributed by atoms with E-state index in [2.05, 4.69) is 25.1 Å². The van der Waals surface area contributed by atoms with Gasteiger partial charge in [0, 0.05) is 26.2 Å². The maximum atomic E-state index is 12.7. The fourth-order valence-corrected chi connectivity index (χ4v) is 4.21. The fourth-order valence-electron chi connectivity index (χ4n) is 2.68. The summed E-state index contributed by atoms with van der Waals surface area (Å²) in [6.07, 6.45) is 3.10. The summed E-state index contributed by atoms with van der Waals surface area (Å²) in [5.41, 5.74) is 5.92. The summed E-state index contributed by atoms with van der Waals surface area (Å²) < 4.78 is 29.5. The van der Waals surface area contributed by atoms with Gasteiger partial charge in [-0.2, -0.15) is 32.9 Å². The molecule has 4 N–H and O–H groups in total. The first-order valence-electron chi connectivity index (χ1n) is 7.90. The van der Waals surface area contributed by atoms with E-state index in [1.165, 1.54) is 10.5 Å². The highest BCUT2D eigenvalue weighted by Crippen LogP contribution is 2.20. The lowest BCUT2D eigenvalue weighted by atomic mass is 10.0. The first-order chi connectivity index (χ1) is 11.8. The number of aromatic nitrogens is 4. The van der Waals surface area contributed by atoms with E-state index in [-0.39, 0.29) is 0 Å². The Kier molecular flexibility index (Phi) is 4.62. The number of hydrogen-bond acceptors (Lipinski definition) is 7. The lowest BCUT2D eigenvalue weighted by Gasteiger charge is -2.36. The highest BCUT2D eigenvalue weighted by atomic mass is 32.2. The molecule has 0 radical (unpaired) electrons. The van der Waals surface area contributed by atoms with E-state index >= 15 is 0 Å². The zero-order valence-electron chi connectivity index (χ0n) is 14.2. The summed E-state index contributed by atoms with van der Waals surface area (Å²) in [5, 5.41) is 10.2. The Balaban J connectivity index is 1.64. The van der Waals surface area contributed by atoms with Gasteiger partial charge in [-0.3, -0.25) is 0 Å². The minimum atomic E-state index is -3.64. The summed E-state index contributed by atoms with van der Waals surface area (Å²) >= 11 is 0. The van der Waals surface area contributed by atoms with Gasteiger partial charge in [-0.05, 0) is 26.0 Å². The Morgan fingerprint density at radius 2 is 1.92 bits per heavy atom. The predicted molar refractivity (Wildman–Crippen MR) is 93.9 cm³/mol. The molecule has 25 heavy (non-hydrogen) atoms. The normalized spacial score (nSPS) is 17.0. The van der Waals surface area contributed by atoms with Gasteiger partial charge in [0.15, 0.2) is 0 Å². The van der Waals surface area contributed by atoms with Crippen molar-refractivity contribution in [3.63, 3.8) is 0 Å². The van der Waals surface area contributed by atoms with Gasteiger partial charge in [0.1, 0.15) is 11.5 Å². The number of anilines is 2. The third-order valence-electron chi connectivity index (χ3n) is 4.11. The van der Waals surface area contributed by atoms with Crippen molar-refractivity contribution in [1.82, 2.24) is 29.4 Å². The molecule has 3 rings (SSSR count). The number of nitrogens with one attached hydrogen (secondary N) is 2. The van der Waals surface area contributed by atoms with Gasteiger partial charge in [0.2, 0.25) is 0 Å². The average Bonchev–Trinajstić information content (AvgIpc) is 3.10. The van der Waals surface area contributed by atoms with Crippen LogP contribution < -0.4 is 15.4 Å². The minimum absolute atomic E-state index is 0.371. The third-order valence-corrected chi connectivity index (χ3v) is 5.93. The SMILES string of the molecule is CC(C)(NS(=O)(=O)N1CCN(c2ccc(N)cn2)CC1)c1cn[nH]n1. The topological polar surface area (TPSA) is 133 Å². The predicted octanol–water partition coefficient (Wildman–Crippen LogP) is -0.326. The smallest absolute Gasteiger partial charge is 0.280 e. The molecule has 0 amide bonds. The van der Waals surface area contributed by atoms with Gasteiger partial charge in [0.05, 0.1) is 23.6 Å². The highest BCUT2D eigenvalue weighted by Gasteiger charge is 2.34. The van der Waals surface area contributed by atoms with Crippen LogP contribution in [0, 0.1) is 0 Å². The molecule has 1 saturated heterocycles. The molecule has 1 aliphatic heterocycles. The Hall–Kier alpha value is -2.24. The molecule has 2 aromatic rings. The van der Waals surface area contributed by atoms with Gasteiger partial charge < -0.3 is 10.6 Å². The first-order valence-corrected chi connectivity index (χ1v) is 9.34. The molecular weight excluding hydrogens is 344 g/mol. The summed E-state index contributed by atoms with van der Waals surface area (Å²) in [4.78, 5) is 6.32. The number of nitrogens with two attached hydrogens (primary N) is 1. The number of piperazine rings is 1. The molecule has 0 atom stereocenters. The van der Waals surface area contributed by atoms with Crippen LogP contribution in [0.2, 0.25) is 0 Å². The average molecular weight is 366 g/mol. The van der Waals surface area contributed by atoms with Crippen LogP contribution in [0.25, 0.3) is 0 Å². The number of rotatable bonds is 5. The van der Waals surface area contributed by atoms with Crippen LogP contribution >= 0.6 is 0 Å². The summed E-state index contributed by atoms with van der Waals surface area (Å²) in [7, 11) is -3.64. The Morgan fingerprint density at radius 3 is 2.48 bits per heavy atom. The molecule has 0 bridgehead atoms. The number of hydrogen-bond donors (Lipinski definition) is 3. The number of nitrogens with zero attached hydrogens (tertiary/aromatic N) is 5. The first kappa shape index (κ1) is 17.6. The van der Waals surface area contributed by atoms with E-state index in [0.29, 0.717) is 37.6 Å². The van der Waals surface area contributed by atoms with Crippen LogP contribution in [0.1, 0.15) is 19.5 Å². The van der Waals surface area contributed by atoms with Crippen LogP contribution in [-0.2, 0) is 15.7 Å². The molecule has 0 spiro atoms. The lowest BCUT2D eigenvalue weighted by Crippen LogP contribution is -2.55.